The van der Waals surface area contributed by atoms with Crippen molar-refractivity contribution in [2.75, 3.05) is 6.61 Å². The molecule has 2 N–H and O–H groups in total. The Hall–Kier alpha value is -3.65. The van der Waals surface area contributed by atoms with Gasteiger partial charge in [-0.25, -0.2) is 13.8 Å². The highest BCUT2D eigenvalue weighted by Gasteiger charge is 2.40. The standard InChI is InChI=1S/C27H20BrF2N3O2/c1-14-16-8-9-31-22(16)11-21(30)24(14)35-15-6-7-20(29)17(10-15)26-32-12-23(33-26)27(2)13-34-25-18(27)4-3-5-19(25)28/h3-12,31H,13H2,1-2H3,(H,32,33). The molecule has 5 aromatic rings. The summed E-state index contributed by atoms with van der Waals surface area (Å²) in [5.41, 5.74) is 2.92. The van der Waals surface area contributed by atoms with Crippen molar-refractivity contribution in [2.45, 2.75) is 19.3 Å². The molecule has 3 aromatic carbocycles. The van der Waals surface area contributed by atoms with Gasteiger partial charge in [-0.15, -0.1) is 0 Å². The Balaban J connectivity index is 1.36. The smallest absolute Gasteiger partial charge is 0.168 e. The van der Waals surface area contributed by atoms with E-state index in [0.29, 0.717) is 29.3 Å². The quantitative estimate of drug-likeness (QED) is 0.252. The van der Waals surface area contributed by atoms with Crippen LogP contribution in [0.2, 0.25) is 0 Å². The first-order chi connectivity index (χ1) is 16.8. The summed E-state index contributed by atoms with van der Waals surface area (Å²) < 4.78 is 42.4. The molecule has 0 radical (unpaired) electrons. The molecule has 0 amide bonds. The van der Waals surface area contributed by atoms with Gasteiger partial charge in [-0.2, -0.15) is 0 Å². The summed E-state index contributed by atoms with van der Waals surface area (Å²) in [7, 11) is 0. The lowest BCUT2D eigenvalue weighted by atomic mass is 9.82. The first-order valence-electron chi connectivity index (χ1n) is 11.1. The summed E-state index contributed by atoms with van der Waals surface area (Å²) in [5.74, 6) is 0.596. The van der Waals surface area contributed by atoms with Crippen molar-refractivity contribution >= 4 is 26.8 Å². The molecule has 0 saturated carbocycles. The lowest BCUT2D eigenvalue weighted by molar-refractivity contribution is 0.299. The van der Waals surface area contributed by atoms with E-state index < -0.39 is 17.0 Å². The maximum Gasteiger partial charge on any atom is 0.168 e. The van der Waals surface area contributed by atoms with E-state index in [-0.39, 0.29) is 11.3 Å². The Bertz CT molecular complexity index is 1610. The van der Waals surface area contributed by atoms with Crippen LogP contribution in [0.5, 0.6) is 17.2 Å². The molecular weight excluding hydrogens is 516 g/mol. The summed E-state index contributed by atoms with van der Waals surface area (Å²) in [4.78, 5) is 10.7. The fourth-order valence-corrected chi connectivity index (χ4v) is 5.14. The van der Waals surface area contributed by atoms with Crippen LogP contribution in [0.15, 0.2) is 65.4 Å². The number of nitrogens with zero attached hydrogens (tertiary/aromatic N) is 1. The minimum atomic E-state index is -0.498. The summed E-state index contributed by atoms with van der Waals surface area (Å²) in [5, 5.41) is 0.860. The van der Waals surface area contributed by atoms with Gasteiger partial charge in [-0.05, 0) is 60.1 Å². The third-order valence-electron chi connectivity index (χ3n) is 6.66. The second-order valence-corrected chi connectivity index (χ2v) is 9.73. The van der Waals surface area contributed by atoms with Gasteiger partial charge in [0.05, 0.1) is 15.5 Å². The van der Waals surface area contributed by atoms with Crippen molar-refractivity contribution in [1.82, 2.24) is 15.0 Å². The third-order valence-corrected chi connectivity index (χ3v) is 7.29. The molecule has 0 bridgehead atoms. The van der Waals surface area contributed by atoms with E-state index in [9.17, 15) is 8.78 Å². The van der Waals surface area contributed by atoms with Crippen molar-refractivity contribution in [3.8, 4) is 28.6 Å². The normalized spacial score (nSPS) is 16.9. The lowest BCUT2D eigenvalue weighted by Crippen LogP contribution is -2.25. The molecule has 1 atom stereocenters. The number of nitrogens with one attached hydrogen (secondary N) is 2. The molecule has 1 aliphatic rings. The molecule has 3 heterocycles. The first kappa shape index (κ1) is 21.9. The zero-order valence-corrected chi connectivity index (χ0v) is 20.5. The van der Waals surface area contributed by atoms with E-state index >= 15 is 0 Å². The number of benzene rings is 3. The third kappa shape index (κ3) is 3.43. The van der Waals surface area contributed by atoms with Gasteiger partial charge in [-0.3, -0.25) is 0 Å². The molecule has 0 aliphatic carbocycles. The monoisotopic (exact) mass is 535 g/mol. The maximum atomic E-state index is 14.9. The van der Waals surface area contributed by atoms with E-state index in [4.69, 9.17) is 9.47 Å². The predicted octanol–water partition coefficient (Wildman–Crippen LogP) is 7.40. The number of imidazole rings is 1. The fraction of sp³-hybridized carbons (Fsp3) is 0.148. The molecule has 0 saturated heterocycles. The molecule has 1 aliphatic heterocycles. The summed E-state index contributed by atoms with van der Waals surface area (Å²) >= 11 is 3.54. The number of aromatic nitrogens is 3. The van der Waals surface area contributed by atoms with Crippen molar-refractivity contribution in [3.05, 3.63) is 93.9 Å². The van der Waals surface area contributed by atoms with E-state index in [1.54, 1.807) is 19.3 Å². The topological polar surface area (TPSA) is 62.9 Å². The van der Waals surface area contributed by atoms with E-state index in [0.717, 1.165) is 26.9 Å². The lowest BCUT2D eigenvalue weighted by Gasteiger charge is -2.20. The molecule has 0 spiro atoms. The number of halogens is 3. The average molecular weight is 536 g/mol. The Labute approximate surface area is 208 Å². The SMILES string of the molecule is Cc1c(Oc2ccc(F)c(-c3ncc(C4(C)COc5c(Br)cccc54)[nH]3)c2)c(F)cc2[nH]ccc12. The number of rotatable bonds is 4. The number of H-pyrrole nitrogens is 2. The molecule has 0 fully saturated rings. The van der Waals surface area contributed by atoms with Crippen LogP contribution in [-0.4, -0.2) is 21.6 Å². The molecule has 2 aromatic heterocycles. The summed E-state index contributed by atoms with van der Waals surface area (Å²) in [6, 6.07) is 13.5. The van der Waals surface area contributed by atoms with Crippen LogP contribution in [0.1, 0.15) is 23.7 Å². The van der Waals surface area contributed by atoms with Gasteiger partial charge >= 0.3 is 0 Å². The minimum absolute atomic E-state index is 0.104. The second-order valence-electron chi connectivity index (χ2n) is 8.88. The Morgan fingerprint density at radius 2 is 1.97 bits per heavy atom. The highest BCUT2D eigenvalue weighted by atomic mass is 79.9. The largest absolute Gasteiger partial charge is 0.491 e. The average Bonchev–Trinajstić information content (AvgIpc) is 3.58. The zero-order chi connectivity index (χ0) is 24.3. The zero-order valence-electron chi connectivity index (χ0n) is 18.9. The number of fused-ring (bicyclic) bond motifs is 2. The van der Waals surface area contributed by atoms with Crippen LogP contribution < -0.4 is 9.47 Å². The fourth-order valence-electron chi connectivity index (χ4n) is 4.66. The molecule has 5 nitrogen and oxygen atoms in total. The number of ether oxygens (including phenoxy) is 2. The first-order valence-corrected chi connectivity index (χ1v) is 11.9. The van der Waals surface area contributed by atoms with Gasteiger partial charge < -0.3 is 19.4 Å². The second kappa shape index (κ2) is 7.95. The van der Waals surface area contributed by atoms with Crippen LogP contribution in [0.25, 0.3) is 22.3 Å². The van der Waals surface area contributed by atoms with Gasteiger partial charge in [0, 0.05) is 46.2 Å². The number of hydrogen-bond donors (Lipinski definition) is 2. The molecule has 8 heteroatoms. The molecule has 176 valence electrons. The molecule has 6 rings (SSSR count). The Kier molecular flexibility index (Phi) is 4.96. The van der Waals surface area contributed by atoms with Crippen molar-refractivity contribution in [3.63, 3.8) is 0 Å². The summed E-state index contributed by atoms with van der Waals surface area (Å²) in [6.45, 7) is 4.28. The maximum absolute atomic E-state index is 14.9. The number of aryl methyl sites for hydroxylation is 1. The molecule has 1 unspecified atom stereocenters. The van der Waals surface area contributed by atoms with Gasteiger partial charge in [0.1, 0.15) is 29.7 Å². The minimum Gasteiger partial charge on any atom is -0.491 e. The number of aromatic amines is 2. The highest BCUT2D eigenvalue weighted by molar-refractivity contribution is 9.10. The molecule has 35 heavy (non-hydrogen) atoms. The van der Waals surface area contributed by atoms with E-state index in [1.807, 2.05) is 24.3 Å². The van der Waals surface area contributed by atoms with Crippen molar-refractivity contribution in [2.24, 2.45) is 0 Å². The van der Waals surface area contributed by atoms with Crippen LogP contribution in [0.3, 0.4) is 0 Å². The summed E-state index contributed by atoms with van der Waals surface area (Å²) in [6.07, 6.45) is 3.45. The van der Waals surface area contributed by atoms with Crippen molar-refractivity contribution in [1.29, 1.82) is 0 Å². The highest BCUT2D eigenvalue weighted by Crippen LogP contribution is 2.46. The molecular formula is C27H20BrF2N3O2. The Morgan fingerprint density at radius 3 is 2.83 bits per heavy atom. The van der Waals surface area contributed by atoms with Gasteiger partial charge in [0.15, 0.2) is 11.6 Å². The van der Waals surface area contributed by atoms with E-state index in [2.05, 4.69) is 37.8 Å². The van der Waals surface area contributed by atoms with Gasteiger partial charge in [0.25, 0.3) is 0 Å². The predicted molar refractivity (Wildman–Crippen MR) is 133 cm³/mol. The Morgan fingerprint density at radius 1 is 1.11 bits per heavy atom. The number of para-hydroxylation sites is 1. The van der Waals surface area contributed by atoms with Crippen LogP contribution in [0.4, 0.5) is 8.78 Å². The van der Waals surface area contributed by atoms with Crippen LogP contribution in [0, 0.1) is 18.6 Å². The van der Waals surface area contributed by atoms with Gasteiger partial charge in [-0.1, -0.05) is 12.1 Å². The number of hydrogen-bond acceptors (Lipinski definition) is 3. The van der Waals surface area contributed by atoms with Crippen LogP contribution in [-0.2, 0) is 5.41 Å². The van der Waals surface area contributed by atoms with Gasteiger partial charge in [0.2, 0.25) is 0 Å². The van der Waals surface area contributed by atoms with Crippen LogP contribution >= 0.6 is 15.9 Å². The van der Waals surface area contributed by atoms with Crippen molar-refractivity contribution < 1.29 is 18.3 Å². The van der Waals surface area contributed by atoms with E-state index in [1.165, 1.54) is 24.3 Å².